The fraction of sp³-hybridized carbons (Fsp3) is 0.188. The lowest BCUT2D eigenvalue weighted by molar-refractivity contribution is 0.0652. The molecule has 1 aliphatic heterocycles. The van der Waals surface area contributed by atoms with Crippen molar-refractivity contribution in [1.29, 1.82) is 0 Å². The van der Waals surface area contributed by atoms with Gasteiger partial charge in [0.2, 0.25) is 0 Å². The molecule has 1 aliphatic rings. The van der Waals surface area contributed by atoms with Crippen LogP contribution in [0.5, 0.6) is 0 Å². The van der Waals surface area contributed by atoms with E-state index in [-0.39, 0.29) is 10.8 Å². The molecule has 1 amide bonds. The highest BCUT2D eigenvalue weighted by molar-refractivity contribution is 7.92. The molecule has 6 heteroatoms. The third-order valence-corrected chi connectivity index (χ3v) is 4.96. The van der Waals surface area contributed by atoms with Crippen LogP contribution < -0.4 is 4.72 Å². The molecule has 0 unspecified atom stereocenters. The molecule has 1 heterocycles. The van der Waals surface area contributed by atoms with Gasteiger partial charge in [-0.25, -0.2) is 8.42 Å². The monoisotopic (exact) mass is 316 g/mol. The number of benzene rings is 2. The van der Waals surface area contributed by atoms with Crippen LogP contribution in [0.2, 0.25) is 0 Å². The van der Waals surface area contributed by atoms with Gasteiger partial charge < -0.3 is 4.90 Å². The van der Waals surface area contributed by atoms with E-state index >= 15 is 0 Å². The maximum Gasteiger partial charge on any atom is 0.261 e. The maximum atomic E-state index is 12.3. The molecule has 0 saturated carbocycles. The summed E-state index contributed by atoms with van der Waals surface area (Å²) in [5.41, 5.74) is 0.878. The van der Waals surface area contributed by atoms with Crippen molar-refractivity contribution in [3.05, 3.63) is 60.2 Å². The zero-order valence-electron chi connectivity index (χ0n) is 11.9. The van der Waals surface area contributed by atoms with Crippen molar-refractivity contribution < 1.29 is 13.2 Å². The van der Waals surface area contributed by atoms with E-state index in [9.17, 15) is 13.2 Å². The molecular weight excluding hydrogens is 300 g/mol. The standard InChI is InChI=1S/C16H16N2O3S/c19-16(18-10-5-11-18)13-6-4-7-14(12-13)17-22(20,21)15-8-2-1-3-9-15/h1-4,6-9,12,17H,5,10-11H2. The van der Waals surface area contributed by atoms with Gasteiger partial charge in [-0.05, 0) is 36.8 Å². The quantitative estimate of drug-likeness (QED) is 0.941. The van der Waals surface area contributed by atoms with E-state index in [2.05, 4.69) is 4.72 Å². The van der Waals surface area contributed by atoms with Crippen LogP contribution in [0.4, 0.5) is 5.69 Å². The highest BCUT2D eigenvalue weighted by Crippen LogP contribution is 2.19. The van der Waals surface area contributed by atoms with Crippen LogP contribution in [0.3, 0.4) is 0 Å². The molecule has 22 heavy (non-hydrogen) atoms. The predicted molar refractivity (Wildman–Crippen MR) is 84.2 cm³/mol. The molecular formula is C16H16N2O3S. The van der Waals surface area contributed by atoms with Crippen LogP contribution in [-0.2, 0) is 10.0 Å². The van der Waals surface area contributed by atoms with Crippen LogP contribution in [0, 0.1) is 0 Å². The molecule has 0 spiro atoms. The number of hydrogen-bond donors (Lipinski definition) is 1. The van der Waals surface area contributed by atoms with Gasteiger partial charge in [0, 0.05) is 24.3 Å². The van der Waals surface area contributed by atoms with E-state index in [1.807, 2.05) is 0 Å². The van der Waals surface area contributed by atoms with Crippen molar-refractivity contribution >= 4 is 21.6 Å². The Kier molecular flexibility index (Phi) is 3.85. The first-order chi connectivity index (χ1) is 10.6. The van der Waals surface area contributed by atoms with Crippen molar-refractivity contribution in [2.24, 2.45) is 0 Å². The Hall–Kier alpha value is -2.34. The molecule has 114 valence electrons. The molecule has 1 saturated heterocycles. The molecule has 1 N–H and O–H groups in total. The maximum absolute atomic E-state index is 12.3. The van der Waals surface area contributed by atoms with E-state index in [0.717, 1.165) is 19.5 Å². The Morgan fingerprint density at radius 2 is 1.73 bits per heavy atom. The molecule has 3 rings (SSSR count). The van der Waals surface area contributed by atoms with Crippen molar-refractivity contribution in [3.8, 4) is 0 Å². The first kappa shape index (κ1) is 14.6. The third-order valence-electron chi connectivity index (χ3n) is 3.56. The molecule has 0 bridgehead atoms. The average molecular weight is 316 g/mol. The number of carbonyl (C=O) groups excluding carboxylic acids is 1. The summed E-state index contributed by atoms with van der Waals surface area (Å²) in [6.45, 7) is 1.53. The van der Waals surface area contributed by atoms with E-state index in [1.54, 1.807) is 47.4 Å². The Morgan fingerprint density at radius 3 is 2.36 bits per heavy atom. The molecule has 1 fully saturated rings. The summed E-state index contributed by atoms with van der Waals surface area (Å²) in [6, 6.07) is 14.7. The summed E-state index contributed by atoms with van der Waals surface area (Å²) in [4.78, 5) is 14.1. The minimum Gasteiger partial charge on any atom is -0.339 e. The van der Waals surface area contributed by atoms with Gasteiger partial charge in [-0.3, -0.25) is 9.52 Å². The third kappa shape index (κ3) is 2.96. The summed E-state index contributed by atoms with van der Waals surface area (Å²) in [5.74, 6) is -0.0630. The second-order valence-corrected chi connectivity index (χ2v) is 6.83. The van der Waals surface area contributed by atoms with Gasteiger partial charge in [-0.15, -0.1) is 0 Å². The van der Waals surface area contributed by atoms with Gasteiger partial charge in [0.15, 0.2) is 0 Å². The van der Waals surface area contributed by atoms with Gasteiger partial charge >= 0.3 is 0 Å². The number of likely N-dealkylation sites (tertiary alicyclic amines) is 1. The Bertz CT molecular complexity index is 784. The first-order valence-corrected chi connectivity index (χ1v) is 8.52. The van der Waals surface area contributed by atoms with Gasteiger partial charge in [0.1, 0.15) is 0 Å². The lowest BCUT2D eigenvalue weighted by Gasteiger charge is -2.31. The van der Waals surface area contributed by atoms with Gasteiger partial charge in [-0.2, -0.15) is 0 Å². The van der Waals surface area contributed by atoms with Crippen LogP contribution in [0.25, 0.3) is 0 Å². The van der Waals surface area contributed by atoms with Crippen LogP contribution in [0.15, 0.2) is 59.5 Å². The van der Waals surface area contributed by atoms with E-state index in [0.29, 0.717) is 11.3 Å². The lowest BCUT2D eigenvalue weighted by atomic mass is 10.1. The smallest absolute Gasteiger partial charge is 0.261 e. The molecule has 2 aromatic carbocycles. The highest BCUT2D eigenvalue weighted by atomic mass is 32.2. The number of sulfonamides is 1. The Morgan fingerprint density at radius 1 is 1.00 bits per heavy atom. The average Bonchev–Trinajstić information content (AvgIpc) is 2.46. The van der Waals surface area contributed by atoms with Gasteiger partial charge in [-0.1, -0.05) is 24.3 Å². The summed E-state index contributed by atoms with van der Waals surface area (Å²) in [6.07, 6.45) is 1.02. The Balaban J connectivity index is 1.82. The van der Waals surface area contributed by atoms with Gasteiger partial charge in [0.25, 0.3) is 15.9 Å². The fourth-order valence-electron chi connectivity index (χ4n) is 2.23. The molecule has 0 aromatic heterocycles. The van der Waals surface area contributed by atoms with Crippen LogP contribution in [-0.4, -0.2) is 32.3 Å². The van der Waals surface area contributed by atoms with Crippen molar-refractivity contribution in [3.63, 3.8) is 0 Å². The number of nitrogens with one attached hydrogen (secondary N) is 1. The number of rotatable bonds is 4. The second kappa shape index (κ2) is 5.81. The summed E-state index contributed by atoms with van der Waals surface area (Å²) in [5, 5.41) is 0. The fourth-order valence-corrected chi connectivity index (χ4v) is 3.30. The van der Waals surface area contributed by atoms with Crippen molar-refractivity contribution in [1.82, 2.24) is 4.90 Å². The van der Waals surface area contributed by atoms with Crippen molar-refractivity contribution in [2.75, 3.05) is 17.8 Å². The first-order valence-electron chi connectivity index (χ1n) is 7.03. The number of amides is 1. The number of hydrogen-bond acceptors (Lipinski definition) is 3. The summed E-state index contributed by atoms with van der Waals surface area (Å²) < 4.78 is 27.1. The molecule has 0 atom stereocenters. The minimum atomic E-state index is -3.64. The largest absolute Gasteiger partial charge is 0.339 e. The predicted octanol–water partition coefficient (Wildman–Crippen LogP) is 2.33. The van der Waals surface area contributed by atoms with Gasteiger partial charge in [0.05, 0.1) is 4.90 Å². The van der Waals surface area contributed by atoms with E-state index in [1.165, 1.54) is 12.1 Å². The SMILES string of the molecule is O=C(c1cccc(NS(=O)(=O)c2ccccc2)c1)N1CCC1. The second-order valence-electron chi connectivity index (χ2n) is 5.15. The normalized spacial score (nSPS) is 14.3. The molecule has 0 aliphatic carbocycles. The number of nitrogens with zero attached hydrogens (tertiary/aromatic N) is 1. The van der Waals surface area contributed by atoms with E-state index < -0.39 is 10.0 Å². The summed E-state index contributed by atoms with van der Waals surface area (Å²) >= 11 is 0. The number of carbonyl (C=O) groups is 1. The molecule has 5 nitrogen and oxygen atoms in total. The summed E-state index contributed by atoms with van der Waals surface area (Å²) in [7, 11) is -3.64. The zero-order chi connectivity index (χ0) is 15.6. The van der Waals surface area contributed by atoms with E-state index in [4.69, 9.17) is 0 Å². The van der Waals surface area contributed by atoms with Crippen molar-refractivity contribution in [2.45, 2.75) is 11.3 Å². The number of anilines is 1. The highest BCUT2D eigenvalue weighted by Gasteiger charge is 2.22. The minimum absolute atomic E-state index is 0.0630. The topological polar surface area (TPSA) is 66.5 Å². The molecule has 2 aromatic rings. The zero-order valence-corrected chi connectivity index (χ0v) is 12.7. The molecule has 0 radical (unpaired) electrons. The lowest BCUT2D eigenvalue weighted by Crippen LogP contribution is -2.42. The van der Waals surface area contributed by atoms with Crippen LogP contribution in [0.1, 0.15) is 16.8 Å². The van der Waals surface area contributed by atoms with Crippen LogP contribution >= 0.6 is 0 Å². The Labute approximate surface area is 129 Å².